The fourth-order valence-electron chi connectivity index (χ4n) is 2.01. The number of hydrogen-bond donors (Lipinski definition) is 1. The van der Waals surface area contributed by atoms with E-state index in [0.29, 0.717) is 0 Å². The first kappa shape index (κ1) is 11.3. The molecule has 0 spiro atoms. The van der Waals surface area contributed by atoms with Gasteiger partial charge >= 0.3 is 0 Å². The van der Waals surface area contributed by atoms with Crippen molar-refractivity contribution in [2.45, 2.75) is 27.2 Å². The molecule has 1 fully saturated rings. The van der Waals surface area contributed by atoms with E-state index in [1.165, 1.54) is 11.3 Å². The van der Waals surface area contributed by atoms with Gasteiger partial charge in [-0.3, -0.25) is 0 Å². The first-order valence-electron chi connectivity index (χ1n) is 5.61. The van der Waals surface area contributed by atoms with E-state index in [1.807, 2.05) is 0 Å². The standard InChI is InChI=1S/C12H22N2/c1-4-11(5-2)12(6-3)14-9-7-13-8-10-14/h4,6,13H,5,7-10H2,1-3H3. The molecule has 14 heavy (non-hydrogen) atoms. The first-order valence-corrected chi connectivity index (χ1v) is 5.61. The zero-order valence-corrected chi connectivity index (χ0v) is 9.64. The van der Waals surface area contributed by atoms with Crippen LogP contribution in [0.15, 0.2) is 23.4 Å². The van der Waals surface area contributed by atoms with Crippen LogP contribution >= 0.6 is 0 Å². The summed E-state index contributed by atoms with van der Waals surface area (Å²) < 4.78 is 0. The zero-order chi connectivity index (χ0) is 10.4. The number of rotatable bonds is 3. The molecule has 2 nitrogen and oxygen atoms in total. The maximum atomic E-state index is 3.38. The molecule has 80 valence electrons. The highest BCUT2D eigenvalue weighted by atomic mass is 15.2. The largest absolute Gasteiger partial charge is 0.369 e. The molecule has 0 aromatic carbocycles. The van der Waals surface area contributed by atoms with E-state index in [9.17, 15) is 0 Å². The van der Waals surface area contributed by atoms with Gasteiger partial charge in [0, 0.05) is 31.9 Å². The number of piperazine rings is 1. The number of nitrogens with zero attached hydrogens (tertiary/aromatic N) is 1. The van der Waals surface area contributed by atoms with E-state index in [2.05, 4.69) is 43.1 Å². The average molecular weight is 194 g/mol. The molecule has 2 heteroatoms. The second kappa shape index (κ2) is 5.86. The van der Waals surface area contributed by atoms with Crippen LogP contribution in [0.3, 0.4) is 0 Å². The van der Waals surface area contributed by atoms with Crippen LogP contribution < -0.4 is 5.32 Å². The lowest BCUT2D eigenvalue weighted by Gasteiger charge is -2.32. The fourth-order valence-corrected chi connectivity index (χ4v) is 2.01. The molecule has 1 heterocycles. The summed E-state index contributed by atoms with van der Waals surface area (Å²) in [4.78, 5) is 2.48. The first-order chi connectivity index (χ1) is 6.83. The van der Waals surface area contributed by atoms with Crippen LogP contribution in [0.25, 0.3) is 0 Å². The minimum absolute atomic E-state index is 1.11. The molecule has 0 atom stereocenters. The molecular weight excluding hydrogens is 172 g/mol. The van der Waals surface area contributed by atoms with Gasteiger partial charge < -0.3 is 10.2 Å². The van der Waals surface area contributed by atoms with E-state index in [-0.39, 0.29) is 0 Å². The minimum Gasteiger partial charge on any atom is -0.369 e. The maximum Gasteiger partial charge on any atom is 0.0352 e. The SMILES string of the molecule is CC=C(CC)C(=CC)N1CCNCC1. The molecule has 0 aromatic rings. The summed E-state index contributed by atoms with van der Waals surface area (Å²) in [5, 5.41) is 3.38. The summed E-state index contributed by atoms with van der Waals surface area (Å²) >= 11 is 0. The summed E-state index contributed by atoms with van der Waals surface area (Å²) in [7, 11) is 0. The highest BCUT2D eigenvalue weighted by Crippen LogP contribution is 2.18. The number of hydrogen-bond acceptors (Lipinski definition) is 2. The Morgan fingerprint density at radius 3 is 2.29 bits per heavy atom. The second-order valence-corrected chi connectivity index (χ2v) is 3.58. The van der Waals surface area contributed by atoms with E-state index >= 15 is 0 Å². The van der Waals surface area contributed by atoms with Gasteiger partial charge in [-0.1, -0.05) is 19.1 Å². The van der Waals surface area contributed by atoms with Gasteiger partial charge in [-0.2, -0.15) is 0 Å². The van der Waals surface area contributed by atoms with Gasteiger partial charge in [0.15, 0.2) is 0 Å². The smallest absolute Gasteiger partial charge is 0.0352 e. The maximum absolute atomic E-state index is 3.38. The third kappa shape index (κ3) is 2.61. The van der Waals surface area contributed by atoms with E-state index in [4.69, 9.17) is 0 Å². The van der Waals surface area contributed by atoms with Crippen LogP contribution in [-0.2, 0) is 0 Å². The van der Waals surface area contributed by atoms with Gasteiger partial charge in [-0.15, -0.1) is 0 Å². The summed E-state index contributed by atoms with van der Waals surface area (Å²) in [6.07, 6.45) is 5.60. The summed E-state index contributed by atoms with van der Waals surface area (Å²) in [6.45, 7) is 11.0. The van der Waals surface area contributed by atoms with Crippen molar-refractivity contribution < 1.29 is 0 Å². The Morgan fingerprint density at radius 1 is 1.21 bits per heavy atom. The Labute approximate surface area is 87.7 Å². The molecule has 1 N–H and O–H groups in total. The third-order valence-corrected chi connectivity index (χ3v) is 2.79. The van der Waals surface area contributed by atoms with Crippen LogP contribution in [0.5, 0.6) is 0 Å². The Morgan fingerprint density at radius 2 is 1.86 bits per heavy atom. The molecule has 1 saturated heterocycles. The van der Waals surface area contributed by atoms with Crippen LogP contribution in [0.1, 0.15) is 27.2 Å². The van der Waals surface area contributed by atoms with Crippen LogP contribution in [0, 0.1) is 0 Å². The van der Waals surface area contributed by atoms with Gasteiger partial charge in [0.25, 0.3) is 0 Å². The Bertz CT molecular complexity index is 222. The predicted molar refractivity (Wildman–Crippen MR) is 62.2 cm³/mol. The van der Waals surface area contributed by atoms with Crippen molar-refractivity contribution in [2.75, 3.05) is 26.2 Å². The molecular formula is C12H22N2. The van der Waals surface area contributed by atoms with Gasteiger partial charge in [0.05, 0.1) is 0 Å². The van der Waals surface area contributed by atoms with Crippen molar-refractivity contribution in [3.8, 4) is 0 Å². The normalized spacial score (nSPS) is 20.1. The molecule has 0 aliphatic carbocycles. The zero-order valence-electron chi connectivity index (χ0n) is 9.64. The van der Waals surface area contributed by atoms with Crippen molar-refractivity contribution in [1.29, 1.82) is 0 Å². The molecule has 1 rings (SSSR count). The number of allylic oxidation sites excluding steroid dienone is 3. The van der Waals surface area contributed by atoms with E-state index in [1.54, 1.807) is 0 Å². The van der Waals surface area contributed by atoms with E-state index < -0.39 is 0 Å². The van der Waals surface area contributed by atoms with Crippen molar-refractivity contribution in [3.05, 3.63) is 23.4 Å². The molecule has 0 amide bonds. The van der Waals surface area contributed by atoms with Crippen LogP contribution in [-0.4, -0.2) is 31.1 Å². The molecule has 0 saturated carbocycles. The molecule has 0 unspecified atom stereocenters. The van der Waals surface area contributed by atoms with Crippen LogP contribution in [0.4, 0.5) is 0 Å². The predicted octanol–water partition coefficient (Wildman–Crippen LogP) is 2.15. The molecule has 0 bridgehead atoms. The van der Waals surface area contributed by atoms with Gasteiger partial charge in [0.1, 0.15) is 0 Å². The molecule has 1 aliphatic heterocycles. The lowest BCUT2D eigenvalue weighted by atomic mass is 10.1. The van der Waals surface area contributed by atoms with Crippen molar-refractivity contribution >= 4 is 0 Å². The quantitative estimate of drug-likeness (QED) is 0.693. The highest BCUT2D eigenvalue weighted by molar-refractivity contribution is 5.29. The molecule has 0 radical (unpaired) electrons. The minimum atomic E-state index is 1.11. The lowest BCUT2D eigenvalue weighted by molar-refractivity contribution is 0.302. The van der Waals surface area contributed by atoms with Gasteiger partial charge in [0.2, 0.25) is 0 Å². The highest BCUT2D eigenvalue weighted by Gasteiger charge is 2.13. The summed E-state index contributed by atoms with van der Waals surface area (Å²) in [5.41, 5.74) is 2.89. The topological polar surface area (TPSA) is 15.3 Å². The van der Waals surface area contributed by atoms with Gasteiger partial charge in [-0.05, 0) is 25.8 Å². The lowest BCUT2D eigenvalue weighted by Crippen LogP contribution is -2.43. The Hall–Kier alpha value is -0.760. The fraction of sp³-hybridized carbons (Fsp3) is 0.667. The number of nitrogens with one attached hydrogen (secondary N) is 1. The Balaban J connectivity index is 2.70. The van der Waals surface area contributed by atoms with Crippen molar-refractivity contribution in [3.63, 3.8) is 0 Å². The molecule has 0 aromatic heterocycles. The second-order valence-electron chi connectivity index (χ2n) is 3.58. The third-order valence-electron chi connectivity index (χ3n) is 2.79. The van der Waals surface area contributed by atoms with Crippen molar-refractivity contribution in [1.82, 2.24) is 10.2 Å². The van der Waals surface area contributed by atoms with E-state index in [0.717, 1.165) is 32.6 Å². The van der Waals surface area contributed by atoms with Gasteiger partial charge in [-0.25, -0.2) is 0 Å². The monoisotopic (exact) mass is 194 g/mol. The van der Waals surface area contributed by atoms with Crippen LogP contribution in [0.2, 0.25) is 0 Å². The average Bonchev–Trinajstić information content (AvgIpc) is 2.27. The summed E-state index contributed by atoms with van der Waals surface area (Å²) in [5.74, 6) is 0. The summed E-state index contributed by atoms with van der Waals surface area (Å²) in [6, 6.07) is 0. The Kier molecular flexibility index (Phi) is 4.74. The molecule has 1 aliphatic rings. The van der Waals surface area contributed by atoms with Crippen molar-refractivity contribution in [2.24, 2.45) is 0 Å².